The van der Waals surface area contributed by atoms with Crippen LogP contribution in [0.2, 0.25) is 0 Å². The van der Waals surface area contributed by atoms with Crippen LogP contribution >= 0.6 is 0 Å². The van der Waals surface area contributed by atoms with E-state index in [1.54, 1.807) is 12.1 Å². The topological polar surface area (TPSA) is 82.7 Å². The molecule has 0 bridgehead atoms. The van der Waals surface area contributed by atoms with E-state index in [4.69, 9.17) is 0 Å². The van der Waals surface area contributed by atoms with Crippen LogP contribution < -0.4 is 10.6 Å². The molecule has 1 heterocycles. The van der Waals surface area contributed by atoms with Gasteiger partial charge >= 0.3 is 6.18 Å². The fraction of sp³-hybridized carbons (Fsp3) is 0.300. The first-order chi connectivity index (χ1) is 18.7. The molecule has 0 spiro atoms. The molecule has 3 unspecified atom stereocenters. The zero-order valence-corrected chi connectivity index (χ0v) is 21.2. The average Bonchev–Trinajstić information content (AvgIpc) is 3.37. The van der Waals surface area contributed by atoms with Crippen LogP contribution in [0, 0.1) is 35.3 Å². The van der Waals surface area contributed by atoms with Crippen molar-refractivity contribution in [2.75, 3.05) is 0 Å². The highest BCUT2D eigenvalue weighted by molar-refractivity contribution is 5.94. The van der Waals surface area contributed by atoms with Crippen LogP contribution in [0.5, 0.6) is 0 Å². The fourth-order valence-electron chi connectivity index (χ4n) is 4.85. The molecule has 198 valence electrons. The molecule has 1 amide bonds. The molecule has 1 aromatic heterocycles. The first-order valence-electron chi connectivity index (χ1n) is 12.8. The summed E-state index contributed by atoms with van der Waals surface area (Å²) in [6, 6.07) is 20.8. The molecule has 2 aromatic carbocycles. The molecule has 2 N–H and O–H groups in total. The van der Waals surface area contributed by atoms with E-state index in [-0.39, 0.29) is 34.8 Å². The van der Waals surface area contributed by atoms with Gasteiger partial charge in [-0.2, -0.15) is 23.5 Å². The molecular formula is C30H26F3N5O. The predicted octanol–water partition coefficient (Wildman–Crippen LogP) is 5.68. The Morgan fingerprint density at radius 3 is 2.72 bits per heavy atom. The lowest BCUT2D eigenvalue weighted by molar-refractivity contribution is -0.141. The third kappa shape index (κ3) is 5.74. The number of amides is 1. The summed E-state index contributed by atoms with van der Waals surface area (Å²) in [7, 11) is 0. The molecule has 9 heteroatoms. The van der Waals surface area contributed by atoms with Gasteiger partial charge in [0.1, 0.15) is 5.69 Å². The van der Waals surface area contributed by atoms with Crippen molar-refractivity contribution < 1.29 is 18.0 Å². The number of rotatable bonds is 7. The smallest absolute Gasteiger partial charge is 0.321 e. The van der Waals surface area contributed by atoms with Gasteiger partial charge in [-0.05, 0) is 55.2 Å². The number of benzene rings is 1. The van der Waals surface area contributed by atoms with Crippen molar-refractivity contribution in [1.82, 2.24) is 20.4 Å². The van der Waals surface area contributed by atoms with Gasteiger partial charge in [0.25, 0.3) is 5.91 Å². The van der Waals surface area contributed by atoms with E-state index >= 15 is 0 Å². The maximum absolute atomic E-state index is 13.6. The Hall–Kier alpha value is -4.34. The van der Waals surface area contributed by atoms with E-state index in [9.17, 15) is 23.2 Å². The molecule has 1 saturated carbocycles. The highest BCUT2D eigenvalue weighted by atomic mass is 19.4. The van der Waals surface area contributed by atoms with Gasteiger partial charge in [0.05, 0.1) is 17.3 Å². The van der Waals surface area contributed by atoms with Gasteiger partial charge in [-0.15, -0.1) is 0 Å². The van der Waals surface area contributed by atoms with E-state index in [2.05, 4.69) is 34.8 Å². The van der Waals surface area contributed by atoms with Gasteiger partial charge in [-0.25, -0.2) is 4.68 Å². The summed E-state index contributed by atoms with van der Waals surface area (Å²) in [5.41, 5.74) is 0.360. The first-order valence-corrected chi connectivity index (χ1v) is 12.8. The van der Waals surface area contributed by atoms with E-state index in [0.29, 0.717) is 11.7 Å². The number of allylic oxidation sites excluding steroid dienone is 2. The Labute approximate surface area is 224 Å². The van der Waals surface area contributed by atoms with Crippen LogP contribution in [0.25, 0.3) is 5.69 Å². The predicted molar refractivity (Wildman–Crippen MR) is 138 cm³/mol. The highest BCUT2D eigenvalue weighted by Crippen LogP contribution is 2.35. The van der Waals surface area contributed by atoms with Crippen molar-refractivity contribution >= 4 is 5.91 Å². The minimum Gasteiger partial charge on any atom is -0.321 e. The molecule has 3 aromatic rings. The van der Waals surface area contributed by atoms with E-state index in [1.807, 2.05) is 30.4 Å². The average molecular weight is 530 g/mol. The maximum atomic E-state index is 13.6. The Kier molecular flexibility index (Phi) is 7.28. The monoisotopic (exact) mass is 529 g/mol. The zero-order valence-electron chi connectivity index (χ0n) is 21.2. The number of nitrogens with zero attached hydrogens (tertiary/aromatic N) is 3. The van der Waals surface area contributed by atoms with Gasteiger partial charge < -0.3 is 10.6 Å². The van der Waals surface area contributed by atoms with Crippen LogP contribution in [0.1, 0.15) is 59.5 Å². The van der Waals surface area contributed by atoms with Crippen LogP contribution in [-0.4, -0.2) is 21.7 Å². The molecule has 0 aliphatic heterocycles. The van der Waals surface area contributed by atoms with Crippen molar-refractivity contribution in [1.29, 1.82) is 5.26 Å². The number of nitrogens with one attached hydrogen (secondary N) is 2. The van der Waals surface area contributed by atoms with Crippen LogP contribution in [0.3, 0.4) is 0 Å². The molecule has 39 heavy (non-hydrogen) atoms. The number of nitriles is 1. The quantitative estimate of drug-likeness (QED) is 0.413. The van der Waals surface area contributed by atoms with Gasteiger partial charge in [0.2, 0.25) is 0 Å². The lowest BCUT2D eigenvalue weighted by Gasteiger charge is -2.37. The first kappa shape index (κ1) is 26.3. The van der Waals surface area contributed by atoms with Crippen molar-refractivity contribution in [3.63, 3.8) is 0 Å². The highest BCUT2D eigenvalue weighted by Gasteiger charge is 2.37. The summed E-state index contributed by atoms with van der Waals surface area (Å²) in [6.45, 7) is 2.09. The molecule has 0 radical (unpaired) electrons. The standard InChI is InChI=1S/C30H26F3N5O/c1-19-13-14-23(16-25(19)28(35-22-10-6-11-22)21-8-3-2-4-9-21)36-29(39)26-17-27(30(31,32)33)37-38(26)24-12-5-7-20(15-24)18-34/h2-3,5,7-8,12-17,19,22,25,28,35H,6,10-11H2,1H3,(H,36,39). The second-order valence-electron chi connectivity index (χ2n) is 9.88. The largest absolute Gasteiger partial charge is 0.435 e. The minimum atomic E-state index is -4.75. The van der Waals surface area contributed by atoms with Crippen molar-refractivity contribution in [2.45, 2.75) is 44.4 Å². The molecule has 2 aliphatic rings. The Morgan fingerprint density at radius 1 is 1.23 bits per heavy atom. The van der Waals surface area contributed by atoms with Gasteiger partial charge in [-0.3, -0.25) is 4.79 Å². The van der Waals surface area contributed by atoms with Crippen molar-refractivity contribution in [2.24, 2.45) is 11.8 Å². The van der Waals surface area contributed by atoms with E-state index in [0.717, 1.165) is 29.2 Å². The van der Waals surface area contributed by atoms with Gasteiger partial charge in [-0.1, -0.05) is 49.8 Å². The molecule has 2 aliphatic carbocycles. The molecule has 1 fully saturated rings. The molecule has 5 rings (SSSR count). The summed E-state index contributed by atoms with van der Waals surface area (Å²) in [6.07, 6.45) is 4.31. The number of alkyl halides is 3. The Morgan fingerprint density at radius 2 is 2.05 bits per heavy atom. The molecular weight excluding hydrogens is 503 g/mol. The fourth-order valence-corrected chi connectivity index (χ4v) is 4.85. The SMILES string of the molecule is CC1C=CC(NC(=O)c2cc(C(F)(F)F)nn2-c2cccc(C#N)c2)=CC1C(NC1CCC1)c1c#cccc1. The number of halogens is 3. The number of carbonyl (C=O) groups excluding carboxylic acids is 1. The summed E-state index contributed by atoms with van der Waals surface area (Å²) in [4.78, 5) is 13.4. The summed E-state index contributed by atoms with van der Waals surface area (Å²) in [5, 5.41) is 19.4. The van der Waals surface area contributed by atoms with E-state index in [1.165, 1.54) is 30.7 Å². The van der Waals surface area contributed by atoms with Crippen LogP contribution in [0.15, 0.2) is 72.5 Å². The van der Waals surface area contributed by atoms with Gasteiger partial charge in [0.15, 0.2) is 5.69 Å². The van der Waals surface area contributed by atoms with E-state index < -0.39 is 17.8 Å². The minimum absolute atomic E-state index is 0.0408. The van der Waals surface area contributed by atoms with Crippen molar-refractivity contribution in [3.8, 4) is 11.8 Å². The van der Waals surface area contributed by atoms with Crippen LogP contribution in [0.4, 0.5) is 13.2 Å². The lowest BCUT2D eigenvalue weighted by atomic mass is 9.79. The Balaban J connectivity index is 1.45. The Bertz CT molecular complexity index is 1450. The third-order valence-corrected chi connectivity index (χ3v) is 7.18. The number of aromatic nitrogens is 2. The number of hydrogen-bond donors (Lipinski definition) is 2. The van der Waals surface area contributed by atoms with Crippen LogP contribution in [-0.2, 0) is 6.18 Å². The maximum Gasteiger partial charge on any atom is 0.435 e. The normalized spacial score (nSPS) is 19.8. The third-order valence-electron chi connectivity index (χ3n) is 7.18. The zero-order chi connectivity index (χ0) is 27.6. The summed E-state index contributed by atoms with van der Waals surface area (Å²) >= 11 is 0. The number of carbonyl (C=O) groups is 1. The lowest BCUT2D eigenvalue weighted by Crippen LogP contribution is -2.42. The second-order valence-corrected chi connectivity index (χ2v) is 9.88. The van der Waals surface area contributed by atoms with Gasteiger partial charge in [0, 0.05) is 35.3 Å². The van der Waals surface area contributed by atoms with Crippen molar-refractivity contribution in [3.05, 3.63) is 107 Å². The number of hydrogen-bond acceptors (Lipinski definition) is 4. The molecule has 6 nitrogen and oxygen atoms in total. The molecule has 3 atom stereocenters. The molecule has 0 saturated heterocycles. The summed E-state index contributed by atoms with van der Waals surface area (Å²) in [5.74, 6) is -0.651. The summed E-state index contributed by atoms with van der Waals surface area (Å²) < 4.78 is 41.6. The second kappa shape index (κ2) is 10.8.